The van der Waals surface area contributed by atoms with Crippen LogP contribution in [0.3, 0.4) is 0 Å². The van der Waals surface area contributed by atoms with E-state index in [0.29, 0.717) is 24.8 Å². The van der Waals surface area contributed by atoms with Gasteiger partial charge < -0.3 is 9.84 Å². The van der Waals surface area contributed by atoms with E-state index in [1.165, 1.54) is 0 Å². The summed E-state index contributed by atoms with van der Waals surface area (Å²) in [5.74, 6) is 1.04. The Labute approximate surface area is 83.1 Å². The number of hydrogen-bond acceptors (Lipinski definition) is 5. The van der Waals surface area contributed by atoms with Crippen molar-refractivity contribution in [2.75, 3.05) is 11.9 Å². The fourth-order valence-electron chi connectivity index (χ4n) is 0.830. The minimum atomic E-state index is -0.137. The maximum absolute atomic E-state index is 8.32. The monoisotopic (exact) mass is 194 g/mol. The first-order valence-electron chi connectivity index (χ1n) is 4.49. The van der Waals surface area contributed by atoms with Crippen molar-refractivity contribution in [2.24, 2.45) is 0 Å². The van der Waals surface area contributed by atoms with Gasteiger partial charge in [-0.2, -0.15) is 10.2 Å². The summed E-state index contributed by atoms with van der Waals surface area (Å²) in [5.41, 5.74) is -0.137. The van der Waals surface area contributed by atoms with Crippen molar-refractivity contribution in [3.8, 4) is 6.07 Å². The maximum atomic E-state index is 8.32. The van der Waals surface area contributed by atoms with Crippen LogP contribution in [0.4, 0.5) is 5.95 Å². The van der Waals surface area contributed by atoms with Gasteiger partial charge in [0.05, 0.1) is 12.5 Å². The van der Waals surface area contributed by atoms with Crippen LogP contribution in [-0.2, 0) is 5.41 Å². The topological polar surface area (TPSA) is 74.7 Å². The number of hydrogen-bond donors (Lipinski definition) is 1. The summed E-state index contributed by atoms with van der Waals surface area (Å²) in [5, 5.41) is 15.0. The van der Waals surface area contributed by atoms with Gasteiger partial charge in [0.25, 0.3) is 5.95 Å². The molecule has 1 heterocycles. The lowest BCUT2D eigenvalue weighted by atomic mass is 9.97. The smallest absolute Gasteiger partial charge is 0.263 e. The highest BCUT2D eigenvalue weighted by atomic mass is 16.5. The third-order valence-corrected chi connectivity index (χ3v) is 1.59. The molecule has 0 amide bonds. The number of anilines is 1. The van der Waals surface area contributed by atoms with Gasteiger partial charge in [0.15, 0.2) is 0 Å². The summed E-state index contributed by atoms with van der Waals surface area (Å²) >= 11 is 0. The van der Waals surface area contributed by atoms with E-state index in [-0.39, 0.29) is 5.41 Å². The van der Waals surface area contributed by atoms with Gasteiger partial charge in [-0.15, -0.1) is 0 Å². The predicted octanol–water partition coefficient (Wildman–Crippen LogP) is 1.69. The molecule has 0 bridgehead atoms. The van der Waals surface area contributed by atoms with E-state index in [9.17, 15) is 0 Å². The first kappa shape index (κ1) is 10.5. The summed E-state index contributed by atoms with van der Waals surface area (Å²) in [6, 6.07) is 2.03. The highest BCUT2D eigenvalue weighted by Gasteiger charge is 2.21. The average Bonchev–Trinajstić information content (AvgIpc) is 2.52. The van der Waals surface area contributed by atoms with Gasteiger partial charge in [0.2, 0.25) is 5.89 Å². The van der Waals surface area contributed by atoms with Crippen molar-refractivity contribution in [1.29, 1.82) is 5.26 Å². The molecule has 5 heteroatoms. The van der Waals surface area contributed by atoms with Crippen LogP contribution in [0, 0.1) is 11.3 Å². The molecule has 0 fully saturated rings. The first-order valence-corrected chi connectivity index (χ1v) is 4.49. The van der Waals surface area contributed by atoms with Crippen molar-refractivity contribution < 1.29 is 4.52 Å². The average molecular weight is 194 g/mol. The molecule has 0 spiro atoms. The molecule has 0 radical (unpaired) electrons. The second-order valence-corrected chi connectivity index (χ2v) is 4.01. The third kappa shape index (κ3) is 2.73. The molecule has 0 aliphatic rings. The van der Waals surface area contributed by atoms with Crippen molar-refractivity contribution in [3.63, 3.8) is 0 Å². The zero-order valence-corrected chi connectivity index (χ0v) is 8.66. The molecule has 0 aliphatic heterocycles. The zero-order valence-electron chi connectivity index (χ0n) is 8.66. The summed E-state index contributed by atoms with van der Waals surface area (Å²) in [6.45, 7) is 6.54. The van der Waals surface area contributed by atoms with E-state index in [2.05, 4.69) is 15.5 Å². The van der Waals surface area contributed by atoms with Crippen LogP contribution in [0.5, 0.6) is 0 Å². The molecule has 14 heavy (non-hydrogen) atoms. The fraction of sp³-hybridized carbons (Fsp3) is 0.667. The van der Waals surface area contributed by atoms with E-state index in [1.807, 2.05) is 26.8 Å². The molecule has 1 rings (SSSR count). The Morgan fingerprint density at radius 3 is 2.71 bits per heavy atom. The van der Waals surface area contributed by atoms with Gasteiger partial charge >= 0.3 is 0 Å². The van der Waals surface area contributed by atoms with Crippen LogP contribution in [-0.4, -0.2) is 16.7 Å². The summed E-state index contributed by atoms with van der Waals surface area (Å²) in [7, 11) is 0. The SMILES string of the molecule is CC(C)(C)c1nc(NCCC#N)no1. The minimum absolute atomic E-state index is 0.137. The Morgan fingerprint density at radius 1 is 1.50 bits per heavy atom. The molecule has 0 atom stereocenters. The van der Waals surface area contributed by atoms with Crippen LogP contribution in [0.25, 0.3) is 0 Å². The molecule has 5 nitrogen and oxygen atoms in total. The first-order chi connectivity index (χ1) is 6.54. The standard InChI is InChI=1S/C9H14N4O/c1-9(2,3)7-12-8(13-14-7)11-6-4-5-10/h4,6H2,1-3H3,(H,11,13). The van der Waals surface area contributed by atoms with Crippen molar-refractivity contribution in [2.45, 2.75) is 32.6 Å². The highest BCUT2D eigenvalue weighted by Crippen LogP contribution is 2.20. The van der Waals surface area contributed by atoms with Gasteiger partial charge in [-0.3, -0.25) is 0 Å². The number of nitrogens with zero attached hydrogens (tertiary/aromatic N) is 3. The van der Waals surface area contributed by atoms with E-state index >= 15 is 0 Å². The second-order valence-electron chi connectivity index (χ2n) is 4.01. The van der Waals surface area contributed by atoms with E-state index < -0.39 is 0 Å². The lowest BCUT2D eigenvalue weighted by molar-refractivity contribution is 0.321. The van der Waals surface area contributed by atoms with Gasteiger partial charge in [0.1, 0.15) is 0 Å². The van der Waals surface area contributed by atoms with Gasteiger partial charge in [-0.05, 0) is 5.16 Å². The number of rotatable bonds is 3. The molecule has 1 aromatic heterocycles. The van der Waals surface area contributed by atoms with E-state index in [1.54, 1.807) is 0 Å². The van der Waals surface area contributed by atoms with E-state index in [4.69, 9.17) is 9.78 Å². The second kappa shape index (κ2) is 4.09. The van der Waals surface area contributed by atoms with Crippen molar-refractivity contribution in [1.82, 2.24) is 10.1 Å². The maximum Gasteiger partial charge on any atom is 0.263 e. The van der Waals surface area contributed by atoms with Crippen molar-refractivity contribution in [3.05, 3.63) is 5.89 Å². The van der Waals surface area contributed by atoms with Crippen LogP contribution >= 0.6 is 0 Å². The molecular formula is C9H14N4O. The molecule has 0 saturated heterocycles. The lowest BCUT2D eigenvalue weighted by Crippen LogP contribution is -2.11. The van der Waals surface area contributed by atoms with Crippen LogP contribution in [0.1, 0.15) is 33.1 Å². The van der Waals surface area contributed by atoms with Crippen LogP contribution in [0.2, 0.25) is 0 Å². The molecule has 0 unspecified atom stereocenters. The van der Waals surface area contributed by atoms with Gasteiger partial charge in [0, 0.05) is 12.0 Å². The Bertz CT molecular complexity index is 331. The molecular weight excluding hydrogens is 180 g/mol. The molecule has 0 aliphatic carbocycles. The van der Waals surface area contributed by atoms with Crippen LogP contribution < -0.4 is 5.32 Å². The van der Waals surface area contributed by atoms with Gasteiger partial charge in [-0.1, -0.05) is 20.8 Å². The van der Waals surface area contributed by atoms with Crippen molar-refractivity contribution >= 4 is 5.95 Å². The minimum Gasteiger partial charge on any atom is -0.351 e. The van der Waals surface area contributed by atoms with Gasteiger partial charge in [-0.25, -0.2) is 0 Å². The summed E-state index contributed by atoms with van der Waals surface area (Å²) < 4.78 is 5.05. The van der Waals surface area contributed by atoms with Crippen LogP contribution in [0.15, 0.2) is 4.52 Å². The Hall–Kier alpha value is -1.57. The Balaban J connectivity index is 2.57. The number of nitriles is 1. The third-order valence-electron chi connectivity index (χ3n) is 1.59. The number of aromatic nitrogens is 2. The molecule has 0 aromatic carbocycles. The normalized spacial score (nSPS) is 11.0. The summed E-state index contributed by atoms with van der Waals surface area (Å²) in [4.78, 5) is 4.16. The Kier molecular flexibility index (Phi) is 3.07. The highest BCUT2D eigenvalue weighted by molar-refractivity contribution is 5.22. The fourth-order valence-corrected chi connectivity index (χ4v) is 0.830. The molecule has 1 aromatic rings. The number of nitrogens with one attached hydrogen (secondary N) is 1. The predicted molar refractivity (Wildman–Crippen MR) is 51.7 cm³/mol. The largest absolute Gasteiger partial charge is 0.351 e. The molecule has 1 N–H and O–H groups in total. The van der Waals surface area contributed by atoms with E-state index in [0.717, 1.165) is 0 Å². The lowest BCUT2D eigenvalue weighted by Gasteiger charge is -2.10. The quantitative estimate of drug-likeness (QED) is 0.741. The molecule has 76 valence electrons. The summed E-state index contributed by atoms with van der Waals surface area (Å²) in [6.07, 6.45) is 0.430. The molecule has 0 saturated carbocycles. The zero-order chi connectivity index (χ0) is 10.6. The Morgan fingerprint density at radius 2 is 2.21 bits per heavy atom.